The number of amides is 1. The van der Waals surface area contributed by atoms with Crippen molar-refractivity contribution in [1.29, 1.82) is 0 Å². The first-order chi connectivity index (χ1) is 14.6. The van der Waals surface area contributed by atoms with Crippen LogP contribution in [0.3, 0.4) is 0 Å². The second-order valence-electron chi connectivity index (χ2n) is 6.91. The maximum absolute atomic E-state index is 12.7. The van der Waals surface area contributed by atoms with E-state index in [1.54, 1.807) is 38.1 Å². The largest absolute Gasteiger partial charge is 0.497 e. The van der Waals surface area contributed by atoms with Gasteiger partial charge in [-0.2, -0.15) is 0 Å². The van der Waals surface area contributed by atoms with Crippen LogP contribution < -0.4 is 21.1 Å². The van der Waals surface area contributed by atoms with Crippen LogP contribution in [0.25, 0.3) is 0 Å². The van der Waals surface area contributed by atoms with E-state index in [-0.39, 0.29) is 46.6 Å². The highest BCUT2D eigenvalue weighted by Gasteiger charge is 2.20. The maximum atomic E-state index is 12.7. The van der Waals surface area contributed by atoms with Crippen LogP contribution in [-0.4, -0.2) is 46.9 Å². The van der Waals surface area contributed by atoms with Gasteiger partial charge in [0.05, 0.1) is 36.1 Å². The summed E-state index contributed by atoms with van der Waals surface area (Å²) in [4.78, 5) is 24.1. The molecule has 1 amide bonds. The van der Waals surface area contributed by atoms with Crippen molar-refractivity contribution in [2.24, 2.45) is 0 Å². The van der Waals surface area contributed by atoms with E-state index in [0.29, 0.717) is 16.9 Å². The first kappa shape index (κ1) is 24.2. The third-order valence-electron chi connectivity index (χ3n) is 4.59. The summed E-state index contributed by atoms with van der Waals surface area (Å²) in [7, 11) is -0.838. The fraction of sp³-hybridized carbons (Fsp3) is 0.333. The first-order valence-electron chi connectivity index (χ1n) is 9.46. The second-order valence-corrected chi connectivity index (χ2v) is 8.83. The molecule has 2 rings (SSSR count). The van der Waals surface area contributed by atoms with E-state index in [9.17, 15) is 18.0 Å². The van der Waals surface area contributed by atoms with E-state index < -0.39 is 15.8 Å². The molecular weight excluding hydrogens is 422 g/mol. The first-order valence-corrected chi connectivity index (χ1v) is 11.1. The summed E-state index contributed by atoms with van der Waals surface area (Å²) in [6, 6.07) is 7.96. The molecular formula is C21H27N3O6S. The monoisotopic (exact) mass is 449 g/mol. The quantitative estimate of drug-likeness (QED) is 0.300. The summed E-state index contributed by atoms with van der Waals surface area (Å²) in [6.07, 6.45) is 0.0119. The minimum absolute atomic E-state index is 0.0119. The van der Waals surface area contributed by atoms with E-state index in [1.165, 1.54) is 20.3 Å². The van der Waals surface area contributed by atoms with Crippen LogP contribution in [0.2, 0.25) is 0 Å². The lowest BCUT2D eigenvalue weighted by Crippen LogP contribution is -2.28. The normalized spacial score (nSPS) is 11.1. The number of hydrogen-bond donors (Lipinski definition) is 3. The molecule has 0 bridgehead atoms. The van der Waals surface area contributed by atoms with Gasteiger partial charge in [0.1, 0.15) is 11.6 Å². The van der Waals surface area contributed by atoms with E-state index in [0.717, 1.165) is 0 Å². The number of nitrogen functional groups attached to an aromatic ring is 1. The molecule has 0 spiro atoms. The van der Waals surface area contributed by atoms with Gasteiger partial charge in [-0.3, -0.25) is 4.79 Å². The van der Waals surface area contributed by atoms with E-state index in [2.05, 4.69) is 15.4 Å². The van der Waals surface area contributed by atoms with Gasteiger partial charge < -0.3 is 25.8 Å². The number of hydrogen-bond acceptors (Lipinski definition) is 8. The Balaban J connectivity index is 1.95. The Bertz CT molecular complexity index is 1060. The third kappa shape index (κ3) is 5.96. The van der Waals surface area contributed by atoms with Crippen LogP contribution in [0, 0.1) is 13.8 Å². The minimum atomic E-state index is -3.60. The Hall–Kier alpha value is -3.11. The topological polar surface area (TPSA) is 137 Å². The number of ether oxygens (including phenoxy) is 2. The van der Waals surface area contributed by atoms with Crippen LogP contribution >= 0.6 is 0 Å². The number of carbonyl (C=O) groups excluding carboxylic acids is 2. The molecule has 10 heteroatoms. The summed E-state index contributed by atoms with van der Waals surface area (Å²) < 4.78 is 35.3. The van der Waals surface area contributed by atoms with Crippen molar-refractivity contribution in [3.05, 3.63) is 47.0 Å². The number of carbonyl (C=O) groups is 2. The molecule has 0 aromatic heterocycles. The number of esters is 1. The van der Waals surface area contributed by atoms with Gasteiger partial charge in [0.15, 0.2) is 9.84 Å². The molecule has 0 aliphatic rings. The van der Waals surface area contributed by atoms with Crippen LogP contribution in [0.5, 0.6) is 5.75 Å². The summed E-state index contributed by atoms with van der Waals surface area (Å²) in [6.45, 7) is 3.56. The Labute approximate surface area is 181 Å². The SMILES string of the molecule is COC(=O)c1cccc(NC(=O)CCNCS(=O)(=O)c2c(C)cc(OC)cc2C)c1N. The van der Waals surface area contributed by atoms with Crippen molar-refractivity contribution in [2.45, 2.75) is 25.2 Å². The fourth-order valence-corrected chi connectivity index (χ4v) is 4.83. The number of sulfone groups is 1. The van der Waals surface area contributed by atoms with Gasteiger partial charge in [-0.25, -0.2) is 13.2 Å². The zero-order chi connectivity index (χ0) is 23.2. The lowest BCUT2D eigenvalue weighted by atomic mass is 10.1. The molecule has 2 aromatic rings. The number of para-hydroxylation sites is 1. The van der Waals surface area contributed by atoms with Gasteiger partial charge in [-0.1, -0.05) is 6.07 Å². The van der Waals surface area contributed by atoms with Gasteiger partial charge in [0.25, 0.3) is 0 Å². The maximum Gasteiger partial charge on any atom is 0.340 e. The zero-order valence-electron chi connectivity index (χ0n) is 17.9. The Morgan fingerprint density at radius 3 is 2.32 bits per heavy atom. The predicted molar refractivity (Wildman–Crippen MR) is 118 cm³/mol. The van der Waals surface area contributed by atoms with Gasteiger partial charge >= 0.3 is 5.97 Å². The van der Waals surface area contributed by atoms with Crippen LogP contribution in [-0.2, 0) is 19.4 Å². The van der Waals surface area contributed by atoms with Crippen molar-refractivity contribution in [1.82, 2.24) is 5.32 Å². The fourth-order valence-electron chi connectivity index (χ4n) is 3.17. The molecule has 0 unspecified atom stereocenters. The predicted octanol–water partition coefficient (Wildman–Crippen LogP) is 2.03. The number of nitrogens with two attached hydrogens (primary N) is 1. The third-order valence-corrected chi connectivity index (χ3v) is 6.44. The summed E-state index contributed by atoms with van der Waals surface area (Å²) >= 11 is 0. The average Bonchev–Trinajstić information content (AvgIpc) is 2.71. The number of aryl methyl sites for hydroxylation is 2. The van der Waals surface area contributed by atoms with E-state index in [1.807, 2.05) is 0 Å². The Morgan fingerprint density at radius 1 is 1.10 bits per heavy atom. The molecule has 4 N–H and O–H groups in total. The summed E-state index contributed by atoms with van der Waals surface area (Å²) in [5, 5.41) is 5.41. The molecule has 0 saturated heterocycles. The molecule has 0 heterocycles. The molecule has 0 fully saturated rings. The lowest BCUT2D eigenvalue weighted by Gasteiger charge is -2.14. The molecule has 168 valence electrons. The number of nitrogens with one attached hydrogen (secondary N) is 2. The average molecular weight is 450 g/mol. The highest BCUT2D eigenvalue weighted by Crippen LogP contribution is 2.26. The Kier molecular flexibility index (Phi) is 8.01. The van der Waals surface area contributed by atoms with Gasteiger partial charge in [0.2, 0.25) is 5.91 Å². The van der Waals surface area contributed by atoms with Crippen molar-refractivity contribution >= 4 is 33.1 Å². The summed E-state index contributed by atoms with van der Waals surface area (Å²) in [5.74, 6) is -0.706. The zero-order valence-corrected chi connectivity index (χ0v) is 18.8. The number of methoxy groups -OCH3 is 2. The van der Waals surface area contributed by atoms with Crippen LogP contribution in [0.15, 0.2) is 35.2 Å². The molecule has 9 nitrogen and oxygen atoms in total. The molecule has 31 heavy (non-hydrogen) atoms. The molecule has 0 aliphatic heterocycles. The molecule has 0 saturated carbocycles. The molecule has 0 radical (unpaired) electrons. The molecule has 2 aromatic carbocycles. The van der Waals surface area contributed by atoms with Crippen LogP contribution in [0.4, 0.5) is 11.4 Å². The van der Waals surface area contributed by atoms with Crippen molar-refractivity contribution in [3.8, 4) is 5.75 Å². The van der Waals surface area contributed by atoms with Crippen LogP contribution in [0.1, 0.15) is 27.9 Å². The van der Waals surface area contributed by atoms with Crippen molar-refractivity contribution < 1.29 is 27.5 Å². The van der Waals surface area contributed by atoms with E-state index >= 15 is 0 Å². The van der Waals surface area contributed by atoms with Gasteiger partial charge in [0, 0.05) is 13.0 Å². The lowest BCUT2D eigenvalue weighted by molar-refractivity contribution is -0.116. The second kappa shape index (κ2) is 10.3. The standard InChI is InChI=1S/C21H27N3O6S/c1-13-10-15(29-3)11-14(2)20(13)31(27,28)12-23-9-8-18(25)24-17-7-5-6-16(19(17)22)21(26)30-4/h5-7,10-11,23H,8-9,12,22H2,1-4H3,(H,24,25). The molecule has 0 aliphatic carbocycles. The van der Waals surface area contributed by atoms with Gasteiger partial charge in [-0.05, 0) is 49.2 Å². The number of anilines is 2. The minimum Gasteiger partial charge on any atom is -0.497 e. The van der Waals surface area contributed by atoms with Crippen molar-refractivity contribution in [2.75, 3.05) is 37.7 Å². The number of benzene rings is 2. The van der Waals surface area contributed by atoms with Gasteiger partial charge in [-0.15, -0.1) is 0 Å². The Morgan fingerprint density at radius 2 is 1.74 bits per heavy atom. The summed E-state index contributed by atoms with van der Waals surface area (Å²) in [5.41, 5.74) is 7.63. The highest BCUT2D eigenvalue weighted by molar-refractivity contribution is 7.91. The highest BCUT2D eigenvalue weighted by atomic mass is 32.2. The number of rotatable bonds is 9. The smallest absolute Gasteiger partial charge is 0.340 e. The molecule has 0 atom stereocenters. The van der Waals surface area contributed by atoms with E-state index in [4.69, 9.17) is 10.5 Å². The van der Waals surface area contributed by atoms with Crippen molar-refractivity contribution in [3.63, 3.8) is 0 Å².